The summed E-state index contributed by atoms with van der Waals surface area (Å²) >= 11 is 0. The van der Waals surface area contributed by atoms with Crippen LogP contribution in [0.5, 0.6) is 5.75 Å². The number of amides is 1. The Morgan fingerprint density at radius 1 is 1.21 bits per heavy atom. The van der Waals surface area contributed by atoms with Gasteiger partial charge in [-0.15, -0.1) is 0 Å². The number of ether oxygens (including phenoxy) is 2. The van der Waals surface area contributed by atoms with E-state index in [4.69, 9.17) is 9.47 Å². The molecule has 0 spiro atoms. The highest BCUT2D eigenvalue weighted by atomic mass is 19.1. The second kappa shape index (κ2) is 11.3. The summed E-state index contributed by atoms with van der Waals surface area (Å²) in [6, 6.07) is 13.2. The lowest BCUT2D eigenvalue weighted by molar-refractivity contribution is -0.136. The normalized spacial score (nSPS) is 20.6. The molecule has 1 amide bonds. The number of rotatable bonds is 8. The molecule has 2 heterocycles. The summed E-state index contributed by atoms with van der Waals surface area (Å²) in [7, 11) is 1.59. The molecule has 0 bridgehead atoms. The first-order valence-corrected chi connectivity index (χ1v) is 12.5. The van der Waals surface area contributed by atoms with Gasteiger partial charge in [0.25, 0.3) is 0 Å². The van der Waals surface area contributed by atoms with Gasteiger partial charge in [0, 0.05) is 37.9 Å². The Morgan fingerprint density at radius 2 is 2.03 bits per heavy atom. The van der Waals surface area contributed by atoms with Crippen LogP contribution in [0, 0.1) is 11.2 Å². The van der Waals surface area contributed by atoms with Crippen molar-refractivity contribution in [2.75, 3.05) is 40.0 Å². The standard InChI is InChI=1S/C28H37FN2O3/c1-21-6-3-4-14-31(21)15-13-30-27(32)28(11-16-34-17-12-28)20-22-7-5-8-23(18-22)25-19-24(29)9-10-26(25)33-2/h5,7-10,18-19,21H,3-4,6,11-17,20H2,1-2H3,(H,30,32). The van der Waals surface area contributed by atoms with E-state index in [0.717, 1.165) is 24.2 Å². The second-order valence-corrected chi connectivity index (χ2v) is 9.75. The minimum atomic E-state index is -0.490. The van der Waals surface area contributed by atoms with E-state index >= 15 is 0 Å². The van der Waals surface area contributed by atoms with Crippen LogP contribution >= 0.6 is 0 Å². The van der Waals surface area contributed by atoms with Gasteiger partial charge < -0.3 is 14.8 Å². The van der Waals surface area contributed by atoms with Gasteiger partial charge in [-0.1, -0.05) is 30.7 Å². The monoisotopic (exact) mass is 468 g/mol. The van der Waals surface area contributed by atoms with Gasteiger partial charge >= 0.3 is 0 Å². The molecule has 0 aliphatic carbocycles. The number of carbonyl (C=O) groups excluding carboxylic acids is 1. The lowest BCUT2D eigenvalue weighted by atomic mass is 9.74. The van der Waals surface area contributed by atoms with Crippen molar-refractivity contribution in [1.82, 2.24) is 10.2 Å². The average Bonchev–Trinajstić information content (AvgIpc) is 2.86. The topological polar surface area (TPSA) is 50.8 Å². The first-order valence-electron chi connectivity index (χ1n) is 12.5. The van der Waals surface area contributed by atoms with Crippen LogP contribution in [0.3, 0.4) is 0 Å². The predicted molar refractivity (Wildman–Crippen MR) is 132 cm³/mol. The highest BCUT2D eigenvalue weighted by Gasteiger charge is 2.40. The molecule has 184 valence electrons. The van der Waals surface area contributed by atoms with E-state index in [0.29, 0.717) is 56.4 Å². The molecule has 2 aromatic carbocycles. The third-order valence-electron chi connectivity index (χ3n) is 7.50. The first kappa shape index (κ1) is 24.7. The van der Waals surface area contributed by atoms with E-state index in [-0.39, 0.29) is 11.7 Å². The number of likely N-dealkylation sites (tertiary alicyclic amines) is 1. The zero-order chi connectivity index (χ0) is 24.0. The summed E-state index contributed by atoms with van der Waals surface area (Å²) in [5, 5.41) is 3.25. The van der Waals surface area contributed by atoms with Gasteiger partial charge in [-0.05, 0) is 74.9 Å². The highest BCUT2D eigenvalue weighted by molar-refractivity contribution is 5.83. The Balaban J connectivity index is 1.48. The summed E-state index contributed by atoms with van der Waals surface area (Å²) in [4.78, 5) is 16.0. The maximum absolute atomic E-state index is 14.0. The average molecular weight is 469 g/mol. The number of benzene rings is 2. The number of carbonyl (C=O) groups is 1. The van der Waals surface area contributed by atoms with E-state index < -0.39 is 5.41 Å². The van der Waals surface area contributed by atoms with E-state index in [1.807, 2.05) is 12.1 Å². The number of hydrogen-bond donors (Lipinski definition) is 1. The largest absolute Gasteiger partial charge is 0.496 e. The minimum Gasteiger partial charge on any atom is -0.496 e. The highest BCUT2D eigenvalue weighted by Crippen LogP contribution is 2.37. The lowest BCUT2D eigenvalue weighted by Crippen LogP contribution is -2.49. The molecule has 0 aromatic heterocycles. The Morgan fingerprint density at radius 3 is 2.79 bits per heavy atom. The van der Waals surface area contributed by atoms with Crippen LogP contribution in [0.15, 0.2) is 42.5 Å². The lowest BCUT2D eigenvalue weighted by Gasteiger charge is -2.37. The quantitative estimate of drug-likeness (QED) is 0.603. The van der Waals surface area contributed by atoms with Crippen LogP contribution in [0.4, 0.5) is 4.39 Å². The molecule has 4 rings (SSSR count). The maximum atomic E-state index is 14.0. The van der Waals surface area contributed by atoms with Crippen LogP contribution < -0.4 is 10.1 Å². The molecular weight excluding hydrogens is 431 g/mol. The van der Waals surface area contributed by atoms with Gasteiger partial charge in [0.05, 0.1) is 12.5 Å². The van der Waals surface area contributed by atoms with Gasteiger partial charge in [-0.3, -0.25) is 9.69 Å². The summed E-state index contributed by atoms with van der Waals surface area (Å²) in [6.07, 6.45) is 5.81. The van der Waals surface area contributed by atoms with Crippen molar-refractivity contribution < 1.29 is 18.7 Å². The molecule has 6 heteroatoms. The van der Waals surface area contributed by atoms with Crippen LogP contribution in [-0.2, 0) is 16.0 Å². The molecule has 1 atom stereocenters. The van der Waals surface area contributed by atoms with E-state index in [1.165, 1.54) is 31.4 Å². The number of hydrogen-bond acceptors (Lipinski definition) is 4. The van der Waals surface area contributed by atoms with E-state index in [2.05, 4.69) is 29.3 Å². The third-order valence-corrected chi connectivity index (χ3v) is 7.50. The fourth-order valence-electron chi connectivity index (χ4n) is 5.38. The fraction of sp³-hybridized carbons (Fsp3) is 0.536. The summed E-state index contributed by atoms with van der Waals surface area (Å²) in [5.41, 5.74) is 2.17. The molecule has 0 radical (unpaired) electrons. The molecule has 5 nitrogen and oxygen atoms in total. The summed E-state index contributed by atoms with van der Waals surface area (Å²) in [6.45, 7) is 6.15. The Hall–Kier alpha value is -2.44. The van der Waals surface area contributed by atoms with Gasteiger partial charge in [-0.25, -0.2) is 4.39 Å². The summed E-state index contributed by atoms with van der Waals surface area (Å²) < 4.78 is 25.0. The minimum absolute atomic E-state index is 0.120. The van der Waals surface area contributed by atoms with Crippen molar-refractivity contribution >= 4 is 5.91 Å². The Labute approximate surface area is 202 Å². The molecule has 34 heavy (non-hydrogen) atoms. The van der Waals surface area contributed by atoms with Gasteiger partial charge in [0.2, 0.25) is 5.91 Å². The fourth-order valence-corrected chi connectivity index (χ4v) is 5.38. The van der Waals surface area contributed by atoms with Crippen molar-refractivity contribution in [3.05, 3.63) is 53.8 Å². The first-order chi connectivity index (χ1) is 16.5. The molecule has 0 saturated carbocycles. The number of nitrogens with one attached hydrogen (secondary N) is 1. The van der Waals surface area contributed by atoms with Crippen LogP contribution in [0.25, 0.3) is 11.1 Å². The van der Waals surface area contributed by atoms with Crippen molar-refractivity contribution in [3.8, 4) is 16.9 Å². The SMILES string of the molecule is COc1ccc(F)cc1-c1cccc(CC2(C(=O)NCCN3CCCCC3C)CCOCC2)c1. The van der Waals surface area contributed by atoms with Crippen LogP contribution in [0.1, 0.15) is 44.6 Å². The van der Waals surface area contributed by atoms with Crippen molar-refractivity contribution in [1.29, 1.82) is 0 Å². The van der Waals surface area contributed by atoms with Crippen molar-refractivity contribution in [3.63, 3.8) is 0 Å². The van der Waals surface area contributed by atoms with Crippen molar-refractivity contribution in [2.24, 2.45) is 5.41 Å². The third kappa shape index (κ3) is 5.78. The maximum Gasteiger partial charge on any atom is 0.226 e. The molecule has 1 N–H and O–H groups in total. The number of methoxy groups -OCH3 is 1. The predicted octanol–water partition coefficient (Wildman–Crippen LogP) is 4.83. The zero-order valence-electron chi connectivity index (χ0n) is 20.4. The second-order valence-electron chi connectivity index (χ2n) is 9.75. The van der Waals surface area contributed by atoms with E-state index in [9.17, 15) is 9.18 Å². The Bertz CT molecular complexity index is 974. The summed E-state index contributed by atoms with van der Waals surface area (Å²) in [5.74, 6) is 0.447. The van der Waals surface area contributed by atoms with Crippen LogP contribution in [0.2, 0.25) is 0 Å². The number of nitrogens with zero attached hydrogens (tertiary/aromatic N) is 1. The molecule has 1 unspecified atom stereocenters. The molecule has 2 aliphatic rings. The number of halogens is 1. The van der Waals surface area contributed by atoms with Gasteiger partial charge in [-0.2, -0.15) is 0 Å². The van der Waals surface area contributed by atoms with Gasteiger partial charge in [0.1, 0.15) is 11.6 Å². The molecule has 2 saturated heterocycles. The smallest absolute Gasteiger partial charge is 0.226 e. The Kier molecular flexibility index (Phi) is 8.22. The zero-order valence-corrected chi connectivity index (χ0v) is 20.4. The van der Waals surface area contributed by atoms with Crippen molar-refractivity contribution in [2.45, 2.75) is 51.5 Å². The van der Waals surface area contributed by atoms with Gasteiger partial charge in [0.15, 0.2) is 0 Å². The molecular formula is C28H37FN2O3. The molecule has 2 aromatic rings. The molecule has 2 fully saturated rings. The number of piperidine rings is 1. The molecule has 2 aliphatic heterocycles. The van der Waals surface area contributed by atoms with E-state index in [1.54, 1.807) is 13.2 Å². The van der Waals surface area contributed by atoms with Crippen LogP contribution in [-0.4, -0.2) is 56.8 Å².